The molecule has 1 aliphatic heterocycles. The Morgan fingerprint density at radius 1 is 1.00 bits per heavy atom. The molecule has 4 amide bonds. The Kier molecular flexibility index (Phi) is 4.52. The van der Waals surface area contributed by atoms with E-state index in [1.54, 1.807) is 32.0 Å². The first-order chi connectivity index (χ1) is 12.0. The topological polar surface area (TPSA) is 78.5 Å². The molecule has 0 fully saturated rings. The van der Waals surface area contributed by atoms with Gasteiger partial charge in [-0.15, -0.1) is 0 Å². The van der Waals surface area contributed by atoms with Crippen LogP contribution in [0.25, 0.3) is 0 Å². The number of fused-ring (bicyclic) bond motifs is 1. The van der Waals surface area contributed by atoms with Gasteiger partial charge in [-0.3, -0.25) is 14.5 Å². The first-order valence-corrected chi connectivity index (χ1v) is 8.08. The monoisotopic (exact) mass is 337 g/mol. The van der Waals surface area contributed by atoms with Crippen molar-refractivity contribution in [2.75, 3.05) is 5.32 Å². The highest BCUT2D eigenvalue weighted by Gasteiger charge is 2.37. The minimum atomic E-state index is -0.374. The summed E-state index contributed by atoms with van der Waals surface area (Å²) >= 11 is 0. The summed E-state index contributed by atoms with van der Waals surface area (Å²) in [4.78, 5) is 37.9. The molecule has 1 aliphatic rings. The molecule has 6 heteroatoms. The molecule has 2 aromatic rings. The Bertz CT molecular complexity index is 831. The SMILES string of the molecule is CC(C)N1C(=O)c2ccc(NC(=O)NCc3ccccc3)cc2C1=O. The molecule has 0 aromatic heterocycles. The number of urea groups is 1. The molecule has 3 rings (SSSR count). The van der Waals surface area contributed by atoms with E-state index in [1.807, 2.05) is 30.3 Å². The Balaban J connectivity index is 1.68. The summed E-state index contributed by atoms with van der Waals surface area (Å²) in [6, 6.07) is 13.7. The number of hydrogen-bond donors (Lipinski definition) is 2. The minimum absolute atomic E-state index is 0.210. The van der Waals surface area contributed by atoms with E-state index in [1.165, 1.54) is 4.90 Å². The van der Waals surface area contributed by atoms with Gasteiger partial charge in [0.15, 0.2) is 0 Å². The van der Waals surface area contributed by atoms with Gasteiger partial charge in [-0.05, 0) is 37.6 Å². The second kappa shape index (κ2) is 6.76. The summed E-state index contributed by atoms with van der Waals surface area (Å²) in [5.41, 5.74) is 2.14. The van der Waals surface area contributed by atoms with Crippen LogP contribution >= 0.6 is 0 Å². The van der Waals surface area contributed by atoms with Gasteiger partial charge in [-0.1, -0.05) is 30.3 Å². The number of amides is 4. The Morgan fingerprint density at radius 2 is 1.68 bits per heavy atom. The van der Waals surface area contributed by atoms with Crippen molar-refractivity contribution in [1.82, 2.24) is 10.2 Å². The van der Waals surface area contributed by atoms with Crippen LogP contribution in [0.4, 0.5) is 10.5 Å². The van der Waals surface area contributed by atoms with Crippen molar-refractivity contribution in [3.8, 4) is 0 Å². The normalized spacial score (nSPS) is 13.2. The van der Waals surface area contributed by atoms with Gasteiger partial charge in [-0.2, -0.15) is 0 Å². The molecule has 0 saturated carbocycles. The lowest BCUT2D eigenvalue weighted by Gasteiger charge is -2.17. The summed E-state index contributed by atoms with van der Waals surface area (Å²) in [5, 5.41) is 5.44. The fourth-order valence-electron chi connectivity index (χ4n) is 2.76. The fourth-order valence-corrected chi connectivity index (χ4v) is 2.76. The first kappa shape index (κ1) is 16.7. The van der Waals surface area contributed by atoms with E-state index in [0.29, 0.717) is 23.4 Å². The van der Waals surface area contributed by atoms with E-state index < -0.39 is 0 Å². The van der Waals surface area contributed by atoms with E-state index in [0.717, 1.165) is 5.56 Å². The summed E-state index contributed by atoms with van der Waals surface area (Å²) in [5.74, 6) is -0.626. The number of carbonyl (C=O) groups is 3. The van der Waals surface area contributed by atoms with Crippen molar-refractivity contribution < 1.29 is 14.4 Å². The molecule has 0 bridgehead atoms. The summed E-state index contributed by atoms with van der Waals surface area (Å²) in [6.07, 6.45) is 0. The molecule has 0 unspecified atom stereocenters. The Morgan fingerprint density at radius 3 is 2.36 bits per heavy atom. The third-order valence-electron chi connectivity index (χ3n) is 3.99. The summed E-state index contributed by atoms with van der Waals surface area (Å²) in [6.45, 7) is 3.98. The number of nitrogens with zero attached hydrogens (tertiary/aromatic N) is 1. The molecule has 0 radical (unpaired) electrons. The molecular formula is C19H19N3O3. The number of anilines is 1. The van der Waals surface area contributed by atoms with E-state index in [9.17, 15) is 14.4 Å². The molecule has 25 heavy (non-hydrogen) atoms. The lowest BCUT2D eigenvalue weighted by Crippen LogP contribution is -2.35. The molecular weight excluding hydrogens is 318 g/mol. The third kappa shape index (κ3) is 3.38. The van der Waals surface area contributed by atoms with Crippen molar-refractivity contribution in [2.24, 2.45) is 0 Å². The van der Waals surface area contributed by atoms with Gasteiger partial charge < -0.3 is 10.6 Å². The zero-order valence-corrected chi connectivity index (χ0v) is 14.1. The molecule has 2 N–H and O–H groups in total. The van der Waals surface area contributed by atoms with Crippen LogP contribution in [-0.4, -0.2) is 28.8 Å². The first-order valence-electron chi connectivity index (χ1n) is 8.08. The van der Waals surface area contributed by atoms with E-state index in [4.69, 9.17) is 0 Å². The van der Waals surface area contributed by atoms with Crippen LogP contribution in [0.2, 0.25) is 0 Å². The lowest BCUT2D eigenvalue weighted by molar-refractivity contribution is 0.0609. The van der Waals surface area contributed by atoms with Crippen LogP contribution in [-0.2, 0) is 6.54 Å². The number of benzene rings is 2. The average Bonchev–Trinajstić information content (AvgIpc) is 2.84. The average molecular weight is 337 g/mol. The largest absolute Gasteiger partial charge is 0.334 e. The molecule has 1 heterocycles. The van der Waals surface area contributed by atoms with Crippen LogP contribution in [0.5, 0.6) is 0 Å². The second-order valence-electron chi connectivity index (χ2n) is 6.13. The van der Waals surface area contributed by atoms with Crippen LogP contribution < -0.4 is 10.6 Å². The number of rotatable bonds is 4. The van der Waals surface area contributed by atoms with Gasteiger partial charge in [0.1, 0.15) is 0 Å². The standard InChI is InChI=1S/C19H19N3O3/c1-12(2)22-17(23)15-9-8-14(10-16(15)18(22)24)21-19(25)20-11-13-6-4-3-5-7-13/h3-10,12H,11H2,1-2H3,(H2,20,21,25). The fraction of sp³-hybridized carbons (Fsp3) is 0.211. The van der Waals surface area contributed by atoms with Gasteiger partial charge in [-0.25, -0.2) is 4.79 Å². The van der Waals surface area contributed by atoms with E-state index >= 15 is 0 Å². The number of nitrogens with one attached hydrogen (secondary N) is 2. The quantitative estimate of drug-likeness (QED) is 0.842. The molecule has 0 atom stereocenters. The van der Waals surface area contributed by atoms with Gasteiger partial charge in [0.05, 0.1) is 11.1 Å². The van der Waals surface area contributed by atoms with Gasteiger partial charge >= 0.3 is 6.03 Å². The lowest BCUT2D eigenvalue weighted by atomic mass is 10.1. The van der Waals surface area contributed by atoms with E-state index in [-0.39, 0.29) is 23.9 Å². The third-order valence-corrected chi connectivity index (χ3v) is 3.99. The van der Waals surface area contributed by atoms with Crippen molar-refractivity contribution in [3.63, 3.8) is 0 Å². The number of carbonyl (C=O) groups excluding carboxylic acids is 3. The van der Waals surface area contributed by atoms with Crippen LogP contribution in [0.1, 0.15) is 40.1 Å². The predicted octanol–water partition coefficient (Wildman–Crippen LogP) is 3.01. The summed E-state index contributed by atoms with van der Waals surface area (Å²) < 4.78 is 0. The van der Waals surface area contributed by atoms with Gasteiger partial charge in [0, 0.05) is 18.3 Å². The maximum absolute atomic E-state index is 12.4. The molecule has 6 nitrogen and oxygen atoms in total. The Hall–Kier alpha value is -3.15. The van der Waals surface area contributed by atoms with Gasteiger partial charge in [0.25, 0.3) is 11.8 Å². The van der Waals surface area contributed by atoms with Crippen molar-refractivity contribution in [2.45, 2.75) is 26.4 Å². The van der Waals surface area contributed by atoms with Crippen LogP contribution in [0, 0.1) is 0 Å². The molecule has 0 aliphatic carbocycles. The maximum Gasteiger partial charge on any atom is 0.319 e. The van der Waals surface area contributed by atoms with Crippen molar-refractivity contribution in [3.05, 3.63) is 65.2 Å². The minimum Gasteiger partial charge on any atom is -0.334 e. The smallest absolute Gasteiger partial charge is 0.319 e. The van der Waals surface area contributed by atoms with Crippen molar-refractivity contribution >= 4 is 23.5 Å². The highest BCUT2D eigenvalue weighted by Crippen LogP contribution is 2.27. The maximum atomic E-state index is 12.4. The molecule has 0 spiro atoms. The highest BCUT2D eigenvalue weighted by molar-refractivity contribution is 6.22. The van der Waals surface area contributed by atoms with Gasteiger partial charge in [0.2, 0.25) is 0 Å². The van der Waals surface area contributed by atoms with Crippen LogP contribution in [0.3, 0.4) is 0 Å². The second-order valence-corrected chi connectivity index (χ2v) is 6.13. The predicted molar refractivity (Wildman–Crippen MR) is 94.4 cm³/mol. The number of imide groups is 1. The molecule has 128 valence electrons. The zero-order valence-electron chi connectivity index (χ0n) is 14.1. The van der Waals surface area contributed by atoms with E-state index in [2.05, 4.69) is 10.6 Å². The Labute approximate surface area is 145 Å². The number of hydrogen-bond acceptors (Lipinski definition) is 3. The highest BCUT2D eigenvalue weighted by atomic mass is 16.2. The van der Waals surface area contributed by atoms with Crippen LogP contribution in [0.15, 0.2) is 48.5 Å². The molecule has 0 saturated heterocycles. The zero-order chi connectivity index (χ0) is 18.0. The van der Waals surface area contributed by atoms with Crippen molar-refractivity contribution in [1.29, 1.82) is 0 Å². The molecule has 2 aromatic carbocycles. The summed E-state index contributed by atoms with van der Waals surface area (Å²) in [7, 11) is 0.